The molecule has 0 aliphatic rings. The van der Waals surface area contributed by atoms with Crippen LogP contribution >= 0.6 is 0 Å². The van der Waals surface area contributed by atoms with Gasteiger partial charge in [0.15, 0.2) is 0 Å². The Balaban J connectivity index is 2.95. The van der Waals surface area contributed by atoms with E-state index in [1.807, 2.05) is 6.92 Å². The molecule has 0 spiro atoms. The third kappa shape index (κ3) is 3.74. The molecule has 0 saturated heterocycles. The maximum absolute atomic E-state index is 12.4. The number of carboxylic acids is 1. The molecule has 0 aromatic carbocycles. The monoisotopic (exact) mass is 265 g/mol. The van der Waals surface area contributed by atoms with Crippen molar-refractivity contribution in [3.63, 3.8) is 0 Å². The van der Waals surface area contributed by atoms with Gasteiger partial charge in [-0.25, -0.2) is 0 Å². The summed E-state index contributed by atoms with van der Waals surface area (Å²) in [4.78, 5) is 24.8. The second-order valence-corrected chi connectivity index (χ2v) is 4.57. The van der Waals surface area contributed by atoms with Crippen LogP contribution in [0.1, 0.15) is 35.6 Å². The molecule has 1 N–H and O–H groups in total. The van der Waals surface area contributed by atoms with Crippen molar-refractivity contribution in [1.29, 1.82) is 0 Å². The lowest BCUT2D eigenvalue weighted by Gasteiger charge is -2.23. The Labute approximate surface area is 112 Å². The summed E-state index contributed by atoms with van der Waals surface area (Å²) in [6, 6.07) is 1.68. The van der Waals surface area contributed by atoms with E-state index in [0.29, 0.717) is 23.5 Å². The number of rotatable bonds is 5. The number of carbonyl (C=O) groups excluding carboxylic acids is 1. The minimum absolute atomic E-state index is 0.186. The van der Waals surface area contributed by atoms with Gasteiger partial charge in [0, 0.05) is 13.1 Å². The molecular weight excluding hydrogens is 246 g/mol. The summed E-state index contributed by atoms with van der Waals surface area (Å²) in [6.45, 7) is 7.53. The summed E-state index contributed by atoms with van der Waals surface area (Å²) in [6.07, 6.45) is 0. The van der Waals surface area contributed by atoms with Gasteiger partial charge in [0.2, 0.25) is 0 Å². The number of carboxylic acid groups (broad SMARTS) is 1. The van der Waals surface area contributed by atoms with Crippen molar-refractivity contribution in [2.45, 2.75) is 27.7 Å². The Morgan fingerprint density at radius 1 is 1.37 bits per heavy atom. The number of hydrogen-bond donors (Lipinski definition) is 1. The SMILES string of the molecule is CCN(CC(C)C(=O)O)C(=O)c1cc(C)nnc1C. The van der Waals surface area contributed by atoms with Crippen molar-refractivity contribution in [2.24, 2.45) is 5.92 Å². The normalized spacial score (nSPS) is 12.0. The van der Waals surface area contributed by atoms with E-state index in [4.69, 9.17) is 5.11 Å². The highest BCUT2D eigenvalue weighted by Gasteiger charge is 2.22. The van der Waals surface area contributed by atoms with Crippen LogP contribution in [0.3, 0.4) is 0 Å². The first-order chi connectivity index (χ1) is 8.86. The number of aryl methyl sites for hydroxylation is 2. The molecule has 104 valence electrons. The number of hydrogen-bond acceptors (Lipinski definition) is 4. The van der Waals surface area contributed by atoms with Crippen LogP contribution in [0.4, 0.5) is 0 Å². The topological polar surface area (TPSA) is 83.4 Å². The van der Waals surface area contributed by atoms with Gasteiger partial charge in [0.1, 0.15) is 0 Å². The van der Waals surface area contributed by atoms with Crippen molar-refractivity contribution in [3.05, 3.63) is 23.0 Å². The largest absolute Gasteiger partial charge is 0.481 e. The number of carbonyl (C=O) groups is 2. The number of aromatic nitrogens is 2. The first-order valence-electron chi connectivity index (χ1n) is 6.19. The van der Waals surface area contributed by atoms with Crippen LogP contribution in [0.25, 0.3) is 0 Å². The van der Waals surface area contributed by atoms with Crippen molar-refractivity contribution in [1.82, 2.24) is 15.1 Å². The second-order valence-electron chi connectivity index (χ2n) is 4.57. The number of amides is 1. The summed E-state index contributed by atoms with van der Waals surface area (Å²) in [5, 5.41) is 16.7. The Hall–Kier alpha value is -1.98. The van der Waals surface area contributed by atoms with Crippen LogP contribution in [0.2, 0.25) is 0 Å². The number of aliphatic carboxylic acids is 1. The third-order valence-corrected chi connectivity index (χ3v) is 2.92. The fourth-order valence-corrected chi connectivity index (χ4v) is 1.70. The highest BCUT2D eigenvalue weighted by atomic mass is 16.4. The Morgan fingerprint density at radius 2 is 2.00 bits per heavy atom. The fraction of sp³-hybridized carbons (Fsp3) is 0.538. The highest BCUT2D eigenvalue weighted by Crippen LogP contribution is 2.11. The minimum atomic E-state index is -0.910. The predicted molar refractivity (Wildman–Crippen MR) is 69.9 cm³/mol. The third-order valence-electron chi connectivity index (χ3n) is 2.92. The molecule has 0 fully saturated rings. The highest BCUT2D eigenvalue weighted by molar-refractivity contribution is 5.95. The molecule has 0 aliphatic carbocycles. The van der Waals surface area contributed by atoms with E-state index >= 15 is 0 Å². The molecule has 6 heteroatoms. The van der Waals surface area contributed by atoms with E-state index < -0.39 is 11.9 Å². The molecule has 6 nitrogen and oxygen atoms in total. The zero-order valence-corrected chi connectivity index (χ0v) is 11.7. The van der Waals surface area contributed by atoms with Gasteiger partial charge in [-0.2, -0.15) is 10.2 Å². The zero-order valence-electron chi connectivity index (χ0n) is 11.7. The first-order valence-corrected chi connectivity index (χ1v) is 6.19. The predicted octanol–water partition coefficient (Wildman–Crippen LogP) is 1.28. The van der Waals surface area contributed by atoms with E-state index in [1.54, 1.807) is 26.8 Å². The van der Waals surface area contributed by atoms with Gasteiger partial charge in [-0.1, -0.05) is 6.92 Å². The first kappa shape index (κ1) is 15.1. The van der Waals surface area contributed by atoms with Crippen LogP contribution in [0, 0.1) is 19.8 Å². The van der Waals surface area contributed by atoms with Gasteiger partial charge >= 0.3 is 5.97 Å². The molecule has 1 aromatic rings. The summed E-state index contributed by atoms with van der Waals surface area (Å²) in [7, 11) is 0. The number of nitrogens with zero attached hydrogens (tertiary/aromatic N) is 3. The van der Waals surface area contributed by atoms with E-state index in [1.165, 1.54) is 4.90 Å². The molecule has 1 aromatic heterocycles. The average Bonchev–Trinajstić information content (AvgIpc) is 2.37. The van der Waals surface area contributed by atoms with Gasteiger partial charge in [-0.3, -0.25) is 9.59 Å². The van der Waals surface area contributed by atoms with Crippen LogP contribution in [-0.4, -0.2) is 45.2 Å². The molecule has 0 saturated carbocycles. The molecule has 19 heavy (non-hydrogen) atoms. The van der Waals surface area contributed by atoms with Crippen LogP contribution in [-0.2, 0) is 4.79 Å². The van der Waals surface area contributed by atoms with Crippen molar-refractivity contribution < 1.29 is 14.7 Å². The van der Waals surface area contributed by atoms with Crippen LogP contribution < -0.4 is 0 Å². The maximum atomic E-state index is 12.4. The Bertz CT molecular complexity index is 488. The minimum Gasteiger partial charge on any atom is -0.481 e. The molecule has 1 amide bonds. The maximum Gasteiger partial charge on any atom is 0.308 e. The summed E-state index contributed by atoms with van der Waals surface area (Å²) in [5.74, 6) is -1.71. The smallest absolute Gasteiger partial charge is 0.308 e. The van der Waals surface area contributed by atoms with Crippen molar-refractivity contribution in [3.8, 4) is 0 Å². The lowest BCUT2D eigenvalue weighted by atomic mass is 10.1. The van der Waals surface area contributed by atoms with E-state index in [0.717, 1.165) is 0 Å². The lowest BCUT2D eigenvalue weighted by molar-refractivity contribution is -0.141. The van der Waals surface area contributed by atoms with Crippen LogP contribution in [0.5, 0.6) is 0 Å². The molecule has 1 rings (SSSR count). The summed E-state index contributed by atoms with van der Waals surface area (Å²) < 4.78 is 0. The van der Waals surface area contributed by atoms with E-state index in [9.17, 15) is 9.59 Å². The molecule has 1 heterocycles. The molecule has 1 atom stereocenters. The van der Waals surface area contributed by atoms with Crippen molar-refractivity contribution in [2.75, 3.05) is 13.1 Å². The molecule has 0 aliphatic heterocycles. The standard InChI is InChI=1S/C13H19N3O3/c1-5-16(7-8(2)13(18)19)12(17)11-6-9(3)14-15-10(11)4/h6,8H,5,7H2,1-4H3,(H,18,19). The lowest BCUT2D eigenvalue weighted by Crippen LogP contribution is -2.37. The average molecular weight is 265 g/mol. The molecular formula is C13H19N3O3. The van der Waals surface area contributed by atoms with Gasteiger partial charge in [-0.15, -0.1) is 0 Å². The second kappa shape index (κ2) is 6.26. The molecule has 1 unspecified atom stereocenters. The van der Waals surface area contributed by atoms with E-state index in [2.05, 4.69) is 10.2 Å². The van der Waals surface area contributed by atoms with Crippen LogP contribution in [0.15, 0.2) is 6.07 Å². The van der Waals surface area contributed by atoms with E-state index in [-0.39, 0.29) is 12.5 Å². The fourth-order valence-electron chi connectivity index (χ4n) is 1.70. The van der Waals surface area contributed by atoms with Gasteiger partial charge in [-0.05, 0) is 26.8 Å². The Morgan fingerprint density at radius 3 is 2.53 bits per heavy atom. The summed E-state index contributed by atoms with van der Waals surface area (Å²) >= 11 is 0. The zero-order chi connectivity index (χ0) is 14.6. The van der Waals surface area contributed by atoms with Crippen molar-refractivity contribution >= 4 is 11.9 Å². The van der Waals surface area contributed by atoms with Gasteiger partial charge < -0.3 is 10.0 Å². The molecule has 0 bridgehead atoms. The van der Waals surface area contributed by atoms with Gasteiger partial charge in [0.05, 0.1) is 22.9 Å². The summed E-state index contributed by atoms with van der Waals surface area (Å²) in [5.41, 5.74) is 1.69. The molecule has 0 radical (unpaired) electrons. The van der Waals surface area contributed by atoms with Gasteiger partial charge in [0.25, 0.3) is 5.91 Å². The quantitative estimate of drug-likeness (QED) is 0.867. The Kier molecular flexibility index (Phi) is 4.97.